The third kappa shape index (κ3) is 5.50. The molecule has 0 bridgehead atoms. The van der Waals surface area contributed by atoms with E-state index in [0.717, 1.165) is 5.75 Å². The highest BCUT2D eigenvalue weighted by Gasteiger charge is 2.21. The molecule has 14 heavy (non-hydrogen) atoms. The second-order valence-corrected chi connectivity index (χ2v) is 5.39. The maximum Gasteiger partial charge on any atom is 0.224 e. The van der Waals surface area contributed by atoms with E-state index in [1.807, 2.05) is 27.2 Å². The van der Waals surface area contributed by atoms with Crippen LogP contribution >= 0.6 is 11.8 Å². The number of hydrogen-bond acceptors (Lipinski definition) is 3. The third-order valence-corrected chi connectivity index (χ3v) is 2.89. The van der Waals surface area contributed by atoms with Gasteiger partial charge in [0.15, 0.2) is 0 Å². The van der Waals surface area contributed by atoms with Gasteiger partial charge in [0, 0.05) is 30.8 Å². The zero-order valence-corrected chi connectivity index (χ0v) is 10.6. The molecule has 1 unspecified atom stereocenters. The summed E-state index contributed by atoms with van der Waals surface area (Å²) in [5.41, 5.74) is 5.38. The molecule has 0 spiro atoms. The average molecular weight is 218 g/mol. The van der Waals surface area contributed by atoms with E-state index in [0.29, 0.717) is 6.42 Å². The largest absolute Gasteiger partial charge is 0.342 e. The monoisotopic (exact) mass is 218 g/mol. The molecular formula is C10H22N2OS. The zero-order valence-electron chi connectivity index (χ0n) is 9.83. The van der Waals surface area contributed by atoms with E-state index in [9.17, 15) is 4.79 Å². The van der Waals surface area contributed by atoms with Crippen LogP contribution in [0.1, 0.15) is 27.2 Å². The first-order valence-electron chi connectivity index (χ1n) is 4.81. The summed E-state index contributed by atoms with van der Waals surface area (Å²) in [4.78, 5) is 13.5. The fourth-order valence-corrected chi connectivity index (χ4v) is 1.82. The molecular weight excluding hydrogens is 196 g/mol. The Kier molecular flexibility index (Phi) is 5.52. The van der Waals surface area contributed by atoms with Gasteiger partial charge in [0.25, 0.3) is 0 Å². The number of nitrogens with zero attached hydrogens (tertiary/aromatic N) is 1. The van der Waals surface area contributed by atoms with Gasteiger partial charge in [-0.3, -0.25) is 4.79 Å². The maximum absolute atomic E-state index is 11.7. The van der Waals surface area contributed by atoms with E-state index in [1.54, 1.807) is 16.7 Å². The Morgan fingerprint density at radius 1 is 1.57 bits per heavy atom. The molecule has 0 rings (SSSR count). The summed E-state index contributed by atoms with van der Waals surface area (Å²) in [6, 6.07) is 0.278. The topological polar surface area (TPSA) is 46.3 Å². The van der Waals surface area contributed by atoms with Crippen molar-refractivity contribution in [2.75, 3.05) is 19.1 Å². The van der Waals surface area contributed by atoms with Crippen molar-refractivity contribution in [3.05, 3.63) is 0 Å². The Morgan fingerprint density at radius 2 is 2.07 bits per heavy atom. The fourth-order valence-electron chi connectivity index (χ4n) is 1.11. The minimum absolute atomic E-state index is 0.124. The molecule has 0 radical (unpaired) electrons. The van der Waals surface area contributed by atoms with Gasteiger partial charge in [-0.05, 0) is 27.0 Å². The molecule has 4 heteroatoms. The van der Waals surface area contributed by atoms with Gasteiger partial charge >= 0.3 is 0 Å². The van der Waals surface area contributed by atoms with Gasteiger partial charge in [-0.25, -0.2) is 0 Å². The van der Waals surface area contributed by atoms with Crippen molar-refractivity contribution in [2.45, 2.75) is 38.8 Å². The van der Waals surface area contributed by atoms with Crippen LogP contribution in [-0.2, 0) is 4.79 Å². The summed E-state index contributed by atoms with van der Waals surface area (Å²) in [6.45, 7) is 5.80. The number of carbonyl (C=O) groups excluding carboxylic acids is 1. The first-order valence-corrected chi connectivity index (χ1v) is 6.21. The molecule has 1 atom stereocenters. The average Bonchev–Trinajstić information content (AvgIpc) is 2.00. The Hall–Kier alpha value is -0.220. The molecule has 0 aliphatic heterocycles. The van der Waals surface area contributed by atoms with E-state index < -0.39 is 5.54 Å². The maximum atomic E-state index is 11.7. The molecule has 1 amide bonds. The van der Waals surface area contributed by atoms with Crippen molar-refractivity contribution in [2.24, 2.45) is 5.73 Å². The molecule has 0 heterocycles. The Labute approximate surface area is 91.4 Å². The highest BCUT2D eigenvalue weighted by Crippen LogP contribution is 2.10. The van der Waals surface area contributed by atoms with Gasteiger partial charge in [0.2, 0.25) is 5.91 Å². The molecule has 0 saturated carbocycles. The van der Waals surface area contributed by atoms with Gasteiger partial charge in [0.05, 0.1) is 0 Å². The molecule has 0 aliphatic carbocycles. The minimum atomic E-state index is -0.412. The molecule has 0 aromatic rings. The standard InChI is InChI=1S/C10H22N2OS/c1-8(7-14-5)12(4)9(13)6-10(2,3)11/h8H,6-7,11H2,1-5H3. The normalized spacial score (nSPS) is 13.9. The molecule has 0 aromatic heterocycles. The van der Waals surface area contributed by atoms with Gasteiger partial charge in [0.1, 0.15) is 0 Å². The van der Waals surface area contributed by atoms with Crippen molar-refractivity contribution < 1.29 is 4.79 Å². The van der Waals surface area contributed by atoms with Crippen LogP contribution in [0, 0.1) is 0 Å². The number of carbonyl (C=O) groups is 1. The van der Waals surface area contributed by atoms with Gasteiger partial charge in [-0.15, -0.1) is 0 Å². The smallest absolute Gasteiger partial charge is 0.224 e. The Bertz CT molecular complexity index is 189. The molecule has 0 fully saturated rings. The quantitative estimate of drug-likeness (QED) is 0.757. The van der Waals surface area contributed by atoms with E-state index in [-0.39, 0.29) is 11.9 Å². The van der Waals surface area contributed by atoms with Crippen molar-refractivity contribution in [1.82, 2.24) is 4.90 Å². The number of thioether (sulfide) groups is 1. The first kappa shape index (κ1) is 13.8. The van der Waals surface area contributed by atoms with Crippen molar-refractivity contribution in [3.63, 3.8) is 0 Å². The number of rotatable bonds is 5. The number of amides is 1. The summed E-state index contributed by atoms with van der Waals surface area (Å²) in [6.07, 6.45) is 2.45. The van der Waals surface area contributed by atoms with E-state index >= 15 is 0 Å². The predicted octanol–water partition coefficient (Wildman–Crippen LogP) is 1.32. The number of nitrogens with two attached hydrogens (primary N) is 1. The van der Waals surface area contributed by atoms with Crippen LogP contribution in [0.25, 0.3) is 0 Å². The lowest BCUT2D eigenvalue weighted by molar-refractivity contribution is -0.132. The number of hydrogen-bond donors (Lipinski definition) is 1. The van der Waals surface area contributed by atoms with Gasteiger partial charge in [-0.1, -0.05) is 0 Å². The molecule has 0 aromatic carbocycles. The van der Waals surface area contributed by atoms with Crippen molar-refractivity contribution >= 4 is 17.7 Å². The lowest BCUT2D eigenvalue weighted by Crippen LogP contribution is -2.43. The minimum Gasteiger partial charge on any atom is -0.342 e. The third-order valence-electron chi connectivity index (χ3n) is 2.07. The molecule has 84 valence electrons. The van der Waals surface area contributed by atoms with Gasteiger partial charge < -0.3 is 10.6 Å². The molecule has 2 N–H and O–H groups in total. The summed E-state index contributed by atoms with van der Waals surface area (Å²) in [5, 5.41) is 0. The van der Waals surface area contributed by atoms with Crippen LogP contribution in [0.15, 0.2) is 0 Å². The fraction of sp³-hybridized carbons (Fsp3) is 0.900. The predicted molar refractivity (Wildman–Crippen MR) is 63.5 cm³/mol. The van der Waals surface area contributed by atoms with E-state index in [2.05, 4.69) is 6.92 Å². The summed E-state index contributed by atoms with van der Waals surface area (Å²) in [7, 11) is 1.84. The molecule has 3 nitrogen and oxygen atoms in total. The lowest BCUT2D eigenvalue weighted by Gasteiger charge is -2.27. The Morgan fingerprint density at radius 3 is 2.43 bits per heavy atom. The summed E-state index contributed by atoms with van der Waals surface area (Å²) < 4.78 is 0. The summed E-state index contributed by atoms with van der Waals surface area (Å²) >= 11 is 1.75. The van der Waals surface area contributed by atoms with Gasteiger partial charge in [-0.2, -0.15) is 11.8 Å². The molecule has 0 saturated heterocycles. The van der Waals surface area contributed by atoms with Crippen molar-refractivity contribution in [1.29, 1.82) is 0 Å². The highest BCUT2D eigenvalue weighted by atomic mass is 32.2. The SMILES string of the molecule is CSCC(C)N(C)C(=O)CC(C)(C)N. The van der Waals surface area contributed by atoms with Crippen LogP contribution in [0.3, 0.4) is 0 Å². The second-order valence-electron chi connectivity index (χ2n) is 4.47. The second kappa shape index (κ2) is 5.61. The first-order chi connectivity index (χ1) is 6.28. The molecule has 0 aliphatic rings. The van der Waals surface area contributed by atoms with E-state index in [4.69, 9.17) is 5.73 Å². The Balaban J connectivity index is 4.12. The van der Waals surface area contributed by atoms with Crippen LogP contribution in [0.4, 0.5) is 0 Å². The zero-order chi connectivity index (χ0) is 11.4. The van der Waals surface area contributed by atoms with Crippen molar-refractivity contribution in [3.8, 4) is 0 Å². The van der Waals surface area contributed by atoms with Crippen LogP contribution in [0.2, 0.25) is 0 Å². The summed E-state index contributed by atoms with van der Waals surface area (Å²) in [5.74, 6) is 1.09. The lowest BCUT2D eigenvalue weighted by atomic mass is 10.0. The van der Waals surface area contributed by atoms with Crippen LogP contribution in [0.5, 0.6) is 0 Å². The van der Waals surface area contributed by atoms with Crippen LogP contribution < -0.4 is 5.73 Å². The van der Waals surface area contributed by atoms with Crippen LogP contribution in [-0.4, -0.2) is 41.4 Å². The van der Waals surface area contributed by atoms with E-state index in [1.165, 1.54) is 0 Å². The highest BCUT2D eigenvalue weighted by molar-refractivity contribution is 7.98.